The Bertz CT molecular complexity index is 3160. The number of benzene rings is 8. The second-order valence-electron chi connectivity index (χ2n) is 11.0. The van der Waals surface area contributed by atoms with Gasteiger partial charge in [-0.25, -0.2) is 0 Å². The molecule has 0 unspecified atom stereocenters. The number of rotatable bonds is 5. The zero-order valence-electron chi connectivity index (χ0n) is 36.8. The van der Waals surface area contributed by atoms with Crippen LogP contribution >= 0.6 is 0 Å². The predicted molar refractivity (Wildman–Crippen MR) is 190 cm³/mol. The Morgan fingerprint density at radius 2 is 1.04 bits per heavy atom. The minimum absolute atomic E-state index is 0.00421. The molecule has 1 heterocycles. The van der Waals surface area contributed by atoms with Crippen LogP contribution in [0.15, 0.2) is 162 Å². The van der Waals surface area contributed by atoms with E-state index in [9.17, 15) is 5.48 Å². The van der Waals surface area contributed by atoms with Gasteiger partial charge in [0, 0.05) is 17.2 Å². The van der Waals surface area contributed by atoms with E-state index in [-0.39, 0.29) is 44.7 Å². The van der Waals surface area contributed by atoms with Gasteiger partial charge in [-0.3, -0.25) is 0 Å². The first-order chi connectivity index (χ1) is 27.7. The van der Waals surface area contributed by atoms with Crippen LogP contribution in [-0.4, -0.2) is 0 Å². The molecule has 0 aliphatic rings. The van der Waals surface area contributed by atoms with E-state index in [1.165, 1.54) is 0 Å². The van der Waals surface area contributed by atoms with Gasteiger partial charge in [0.1, 0.15) is 11.2 Å². The average molecular weight is 588 g/mol. The maximum Gasteiger partial charge on any atom is 0.138 e. The molecule has 212 valence electrons. The summed E-state index contributed by atoms with van der Waals surface area (Å²) >= 11 is 0. The van der Waals surface area contributed by atoms with E-state index < -0.39 is 85.0 Å². The molecule has 9 rings (SSSR count). The zero-order chi connectivity index (χ0) is 41.1. The molecule has 0 aliphatic heterocycles. The van der Waals surface area contributed by atoms with Crippen molar-refractivity contribution in [1.29, 1.82) is 0 Å². The molecule has 1 aromatic heterocycles. The highest BCUT2D eigenvalue weighted by Crippen LogP contribution is 2.42. The highest BCUT2D eigenvalue weighted by atomic mass is 16.3. The van der Waals surface area contributed by atoms with Gasteiger partial charge in [-0.15, -0.1) is 0 Å². The minimum atomic E-state index is -0.614. The average Bonchev–Trinajstić information content (AvgIpc) is 3.63. The summed E-state index contributed by atoms with van der Waals surface area (Å²) in [6.45, 7) is 0. The first-order valence-corrected chi connectivity index (χ1v) is 14.6. The molecule has 9 aromatic rings. The van der Waals surface area contributed by atoms with E-state index in [1.807, 2.05) is 54.6 Å². The summed E-state index contributed by atoms with van der Waals surface area (Å²) in [5.41, 5.74) is 3.67. The summed E-state index contributed by atoms with van der Waals surface area (Å²) in [6.07, 6.45) is -0.559. The van der Waals surface area contributed by atoms with Gasteiger partial charge in [0.15, 0.2) is 0 Å². The van der Waals surface area contributed by atoms with Crippen molar-refractivity contribution in [2.45, 2.75) is 12.8 Å². The van der Waals surface area contributed by atoms with Crippen LogP contribution in [0.2, 0.25) is 0 Å². The lowest BCUT2D eigenvalue weighted by Crippen LogP contribution is -1.98. The molecule has 0 saturated heterocycles. The second-order valence-corrected chi connectivity index (χ2v) is 11.0. The van der Waals surface area contributed by atoms with Gasteiger partial charge < -0.3 is 4.42 Å². The van der Waals surface area contributed by atoms with Crippen LogP contribution in [0.1, 0.15) is 40.1 Å². The van der Waals surface area contributed by atoms with Crippen LogP contribution in [0.5, 0.6) is 0 Å². The third-order valence-corrected chi connectivity index (χ3v) is 8.54. The Balaban J connectivity index is 1.38. The zero-order valence-corrected chi connectivity index (χ0v) is 23.8. The number of furan rings is 1. The van der Waals surface area contributed by atoms with Crippen LogP contribution in [0.4, 0.5) is 0 Å². The van der Waals surface area contributed by atoms with E-state index in [1.54, 1.807) is 0 Å². The van der Waals surface area contributed by atoms with Crippen molar-refractivity contribution in [2.75, 3.05) is 0 Å². The minimum Gasteiger partial charge on any atom is -0.456 e. The Kier molecular flexibility index (Phi) is 3.71. The first kappa shape index (κ1) is 15.9. The van der Waals surface area contributed by atoms with Crippen molar-refractivity contribution in [1.82, 2.24) is 0 Å². The van der Waals surface area contributed by atoms with E-state index >= 15 is 0 Å². The Morgan fingerprint density at radius 3 is 1.80 bits per heavy atom. The highest BCUT2D eigenvalue weighted by molar-refractivity contribution is 6.16. The molecule has 0 amide bonds. The molecule has 1 heteroatoms. The molecule has 0 fully saturated rings. The van der Waals surface area contributed by atoms with Crippen molar-refractivity contribution in [3.63, 3.8) is 0 Å². The van der Waals surface area contributed by atoms with Gasteiger partial charge in [0.25, 0.3) is 0 Å². The van der Waals surface area contributed by atoms with Gasteiger partial charge >= 0.3 is 0 Å². The van der Waals surface area contributed by atoms with Gasteiger partial charge in [0.05, 0.1) is 17.8 Å². The smallest absolute Gasteiger partial charge is 0.138 e. The predicted octanol–water partition coefficient (Wildman–Crippen LogP) is 11.9. The fourth-order valence-electron chi connectivity index (χ4n) is 6.60. The number of hydrogen-bond acceptors (Lipinski definition) is 1. The molecule has 0 atom stereocenters. The van der Waals surface area contributed by atoms with Gasteiger partial charge in [0.2, 0.25) is 0 Å². The van der Waals surface area contributed by atoms with E-state index in [4.69, 9.17) is 16.8 Å². The van der Waals surface area contributed by atoms with Crippen LogP contribution in [0, 0.1) is 0 Å². The summed E-state index contributed by atoms with van der Waals surface area (Å²) in [7, 11) is 0. The maximum absolute atomic E-state index is 9.26. The number of fused-ring (bicyclic) bond motifs is 6. The molecule has 45 heavy (non-hydrogen) atoms. The molecule has 0 aliphatic carbocycles. The molecular weight excluding hydrogens is 544 g/mol. The molecule has 0 saturated carbocycles. The van der Waals surface area contributed by atoms with E-state index in [0.717, 1.165) is 32.7 Å². The van der Waals surface area contributed by atoms with Crippen molar-refractivity contribution in [3.8, 4) is 11.1 Å². The van der Waals surface area contributed by atoms with E-state index in [0.29, 0.717) is 16.7 Å². The van der Waals surface area contributed by atoms with Crippen molar-refractivity contribution < 1.29 is 22.2 Å². The molecule has 0 N–H and O–H groups in total. The molecule has 0 bridgehead atoms. The standard InChI is InChI=1S/C44H30O/c1-2-13-29(14-3-1)27-40-34-19-6-8-21-36(34)41(37-22-9-7-20-35(37)40)28-31-17-11-25-39-43-38(24-12-26-42(43)45-44(31)39)33-23-10-16-30-15-4-5-18-32(30)33/h1-26H,27-28H2/i1D,2D,3D,6D,7D,8D,9D,13D,14D,19D,20D,21D,22D. The van der Waals surface area contributed by atoms with Crippen molar-refractivity contribution >= 4 is 54.3 Å². The lowest BCUT2D eigenvalue weighted by Gasteiger charge is -2.17. The van der Waals surface area contributed by atoms with Gasteiger partial charge in [-0.2, -0.15) is 0 Å². The second kappa shape index (κ2) is 10.5. The Labute approximate surface area is 280 Å². The van der Waals surface area contributed by atoms with E-state index in [2.05, 4.69) is 24.3 Å². The maximum atomic E-state index is 9.26. The summed E-state index contributed by atoms with van der Waals surface area (Å²) in [5, 5.41) is 3.64. The summed E-state index contributed by atoms with van der Waals surface area (Å²) in [6, 6.07) is 18.6. The Hall–Kier alpha value is -5.66. The molecule has 8 aromatic carbocycles. The summed E-state index contributed by atoms with van der Waals surface area (Å²) in [5.74, 6) is 0. The van der Waals surface area contributed by atoms with Crippen LogP contribution in [-0.2, 0) is 12.8 Å². The van der Waals surface area contributed by atoms with Crippen molar-refractivity contribution in [2.24, 2.45) is 0 Å². The quantitative estimate of drug-likeness (QED) is 0.183. The van der Waals surface area contributed by atoms with Gasteiger partial charge in [-0.1, -0.05) is 151 Å². The number of para-hydroxylation sites is 1. The first-order valence-electron chi connectivity index (χ1n) is 21.1. The van der Waals surface area contributed by atoms with Crippen LogP contribution in [0.3, 0.4) is 0 Å². The largest absolute Gasteiger partial charge is 0.456 e. The topological polar surface area (TPSA) is 13.1 Å². The lowest BCUT2D eigenvalue weighted by molar-refractivity contribution is 0.664. The third kappa shape index (κ3) is 4.24. The molecule has 0 radical (unpaired) electrons. The Morgan fingerprint density at radius 1 is 0.467 bits per heavy atom. The van der Waals surface area contributed by atoms with Gasteiger partial charge in [-0.05, 0) is 78.2 Å². The normalized spacial score (nSPS) is 15.8. The molecule has 0 spiro atoms. The molecule has 1 nitrogen and oxygen atoms in total. The van der Waals surface area contributed by atoms with Crippen molar-refractivity contribution in [3.05, 3.63) is 180 Å². The summed E-state index contributed by atoms with van der Waals surface area (Å²) in [4.78, 5) is 0. The lowest BCUT2D eigenvalue weighted by atomic mass is 9.86. The SMILES string of the molecule is [2H]c1c([2H])c([2H])c(Cc2c3c([2H])c([2H])c([2H])c([2H])c3c(Cc3cccc4c3oc3cccc(-c5cccc6ccccc56)c34)c3c([2H])c([2H])c([2H])c([2H])c23)c([2H])c1[2H]. The summed E-state index contributed by atoms with van der Waals surface area (Å²) < 4.78 is 120. The monoisotopic (exact) mass is 587 g/mol. The third-order valence-electron chi connectivity index (χ3n) is 8.54. The van der Waals surface area contributed by atoms with Crippen LogP contribution in [0.25, 0.3) is 65.4 Å². The fraction of sp³-hybridized carbons (Fsp3) is 0.0455. The highest BCUT2D eigenvalue weighted by Gasteiger charge is 2.19. The fourth-order valence-corrected chi connectivity index (χ4v) is 6.60. The number of hydrogen-bond donors (Lipinski definition) is 0. The molecular formula is C44H30O. The van der Waals surface area contributed by atoms with Crippen LogP contribution < -0.4 is 0 Å².